The Balaban J connectivity index is 0.000000334. The van der Waals surface area contributed by atoms with Crippen LogP contribution in [0.5, 0.6) is 0 Å². The van der Waals surface area contributed by atoms with Gasteiger partial charge in [-0.1, -0.05) is 74.4 Å². The van der Waals surface area contributed by atoms with Crippen molar-refractivity contribution in [2.75, 3.05) is 0 Å². The van der Waals surface area contributed by atoms with Gasteiger partial charge < -0.3 is 10.1 Å². The Hall–Kier alpha value is -2.33. The average Bonchev–Trinajstić information content (AvgIpc) is 3.31. The van der Waals surface area contributed by atoms with Crippen LogP contribution in [0, 0.1) is 37.2 Å². The summed E-state index contributed by atoms with van der Waals surface area (Å²) in [6.45, 7) is 19.2. The number of hydrogen-bond donors (Lipinski definition) is 1. The molecule has 0 saturated carbocycles. The minimum Gasteiger partial charge on any atom is -0.512 e. The minimum absolute atomic E-state index is 0. The van der Waals surface area contributed by atoms with Gasteiger partial charge in [-0.25, -0.2) is 0 Å². The maximum Gasteiger partial charge on any atom is 0.162 e. The summed E-state index contributed by atoms with van der Waals surface area (Å²) >= 11 is 1.85. The van der Waals surface area contributed by atoms with Crippen molar-refractivity contribution in [3.8, 4) is 11.3 Å². The average molecular weight is 763 g/mol. The number of carbonyl (C=O) groups excluding carboxylic acids is 1. The summed E-state index contributed by atoms with van der Waals surface area (Å²) in [4.78, 5) is 16.5. The maximum absolute atomic E-state index is 11.7. The number of benzene rings is 2. The van der Waals surface area contributed by atoms with Crippen molar-refractivity contribution in [1.29, 1.82) is 0 Å². The maximum atomic E-state index is 11.7. The summed E-state index contributed by atoms with van der Waals surface area (Å²) in [5.74, 6) is 0.547. The van der Waals surface area contributed by atoms with Crippen LogP contribution in [0.4, 0.5) is 0 Å². The van der Waals surface area contributed by atoms with Crippen LogP contribution in [-0.4, -0.2) is 15.9 Å². The SMILES string of the molecule is CCC(CC)C(=O)/C=C(\O)C(CC)CC.Cc1[c-]c(-c2nccc3ccc4c(CC(C)(C)C)csc4c23)cc(C)c1.[Ir]. The van der Waals surface area contributed by atoms with E-state index in [1.807, 2.05) is 45.2 Å². The predicted octanol–water partition coefficient (Wildman–Crippen LogP) is 11.0. The number of hydrogen-bond acceptors (Lipinski definition) is 4. The second-order valence-electron chi connectivity index (χ2n) is 12.5. The molecule has 5 heteroatoms. The second-order valence-corrected chi connectivity index (χ2v) is 13.3. The van der Waals surface area contributed by atoms with Crippen LogP contribution in [-0.2, 0) is 31.3 Å². The third-order valence-electron chi connectivity index (χ3n) is 7.76. The number of thiophene rings is 1. The van der Waals surface area contributed by atoms with Gasteiger partial charge in [-0.15, -0.1) is 46.2 Å². The summed E-state index contributed by atoms with van der Waals surface area (Å²) in [5.41, 5.74) is 6.27. The second kappa shape index (κ2) is 15.9. The summed E-state index contributed by atoms with van der Waals surface area (Å²) < 4.78 is 1.34. The van der Waals surface area contributed by atoms with Crippen molar-refractivity contribution in [2.45, 2.75) is 94.4 Å². The Morgan fingerprint density at radius 1 is 1.00 bits per heavy atom. The smallest absolute Gasteiger partial charge is 0.162 e. The molecule has 0 atom stereocenters. The molecule has 0 spiro atoms. The van der Waals surface area contributed by atoms with Gasteiger partial charge in [-0.05, 0) is 76.4 Å². The molecule has 2 aromatic heterocycles. The van der Waals surface area contributed by atoms with Crippen molar-refractivity contribution < 1.29 is 30.0 Å². The van der Waals surface area contributed by atoms with Gasteiger partial charge in [0.15, 0.2) is 5.78 Å². The Kier molecular flexibility index (Phi) is 13.6. The number of aliphatic hydroxyl groups is 1. The number of aromatic nitrogens is 1. The van der Waals surface area contributed by atoms with Crippen LogP contribution in [0.1, 0.15) is 90.8 Å². The molecule has 3 nitrogen and oxygen atoms in total. The van der Waals surface area contributed by atoms with E-state index in [2.05, 4.69) is 76.4 Å². The van der Waals surface area contributed by atoms with E-state index in [-0.39, 0.29) is 48.9 Å². The minimum atomic E-state index is 0. The third-order valence-corrected chi connectivity index (χ3v) is 8.82. The fourth-order valence-electron chi connectivity index (χ4n) is 5.52. The van der Waals surface area contributed by atoms with Crippen LogP contribution in [0.3, 0.4) is 0 Å². The van der Waals surface area contributed by atoms with Crippen molar-refractivity contribution in [2.24, 2.45) is 17.3 Å². The number of rotatable bonds is 9. The molecule has 0 aliphatic rings. The number of carbonyl (C=O) groups is 1. The number of ketones is 1. The zero-order valence-corrected chi connectivity index (χ0v) is 30.1. The van der Waals surface area contributed by atoms with E-state index < -0.39 is 0 Å². The molecule has 42 heavy (non-hydrogen) atoms. The molecular weight excluding hydrogens is 715 g/mol. The van der Waals surface area contributed by atoms with Gasteiger partial charge in [-0.2, -0.15) is 0 Å². The molecule has 1 N–H and O–H groups in total. The van der Waals surface area contributed by atoms with Gasteiger partial charge in [0.2, 0.25) is 0 Å². The molecule has 0 aliphatic carbocycles. The molecule has 0 bridgehead atoms. The molecule has 4 rings (SSSR count). The standard InChI is InChI=1S/C24H24NS.C13H24O2.Ir/c1-15-10-16(2)12-18(11-15)22-21-17(8-9-25-22)6-7-20-19(13-24(3,4)5)14-26-23(20)21;1-5-10(6-2)12(14)9-13(15)11(7-3)8-4;/h6-11,14H,13H2,1-5H3;9-11,14H,5-8H2,1-4H3;/q-1;;/b;12-9-;. The van der Waals surface area contributed by atoms with Crippen LogP contribution in [0.15, 0.2) is 53.7 Å². The monoisotopic (exact) mass is 763 g/mol. The largest absolute Gasteiger partial charge is 0.512 e. The molecule has 0 fully saturated rings. The van der Waals surface area contributed by atoms with E-state index >= 15 is 0 Å². The zero-order chi connectivity index (χ0) is 30.3. The fourth-order valence-corrected chi connectivity index (χ4v) is 6.65. The van der Waals surface area contributed by atoms with E-state index in [0.29, 0.717) is 0 Å². The topological polar surface area (TPSA) is 50.2 Å². The predicted molar refractivity (Wildman–Crippen MR) is 178 cm³/mol. The third kappa shape index (κ3) is 9.08. The van der Waals surface area contributed by atoms with Crippen LogP contribution in [0.25, 0.3) is 32.1 Å². The number of nitrogens with zero attached hydrogens (tertiary/aromatic N) is 1. The molecule has 1 radical (unpaired) electrons. The van der Waals surface area contributed by atoms with Crippen LogP contribution >= 0.6 is 11.3 Å². The Labute approximate surface area is 271 Å². The Bertz CT molecular complexity index is 1480. The first-order chi connectivity index (χ1) is 19.4. The molecule has 2 heterocycles. The van der Waals surface area contributed by atoms with E-state index in [1.54, 1.807) is 0 Å². The number of pyridine rings is 1. The van der Waals surface area contributed by atoms with Gasteiger partial charge in [0.25, 0.3) is 0 Å². The molecule has 0 aliphatic heterocycles. The molecule has 4 aromatic rings. The number of aryl methyl sites for hydroxylation is 2. The van der Waals surface area contributed by atoms with E-state index in [0.717, 1.165) is 48.9 Å². The summed E-state index contributed by atoms with van der Waals surface area (Å²) in [6.07, 6.45) is 7.91. The summed E-state index contributed by atoms with van der Waals surface area (Å²) in [6, 6.07) is 14.5. The van der Waals surface area contributed by atoms with Gasteiger partial charge in [0.1, 0.15) is 0 Å². The van der Waals surface area contributed by atoms with Crippen LogP contribution < -0.4 is 0 Å². The van der Waals surface area contributed by atoms with E-state index in [4.69, 9.17) is 4.98 Å². The van der Waals surface area contributed by atoms with Crippen LogP contribution in [0.2, 0.25) is 0 Å². The molecule has 2 aromatic carbocycles. The van der Waals surface area contributed by atoms with Gasteiger partial charge in [-0.3, -0.25) is 4.79 Å². The van der Waals surface area contributed by atoms with Crippen molar-refractivity contribution in [3.05, 3.63) is 76.5 Å². The number of allylic oxidation sites excluding steroid dienone is 2. The molecule has 229 valence electrons. The van der Waals surface area contributed by atoms with Crippen molar-refractivity contribution >= 4 is 38.0 Å². The van der Waals surface area contributed by atoms with Crippen molar-refractivity contribution in [3.63, 3.8) is 0 Å². The van der Waals surface area contributed by atoms with Gasteiger partial charge in [0, 0.05) is 48.9 Å². The first-order valence-corrected chi connectivity index (χ1v) is 16.0. The Morgan fingerprint density at radius 3 is 2.21 bits per heavy atom. The number of aliphatic hydroxyl groups excluding tert-OH is 1. The zero-order valence-electron chi connectivity index (χ0n) is 26.9. The Morgan fingerprint density at radius 2 is 1.64 bits per heavy atom. The fraction of sp³-hybridized carbons (Fsp3) is 0.459. The normalized spacial score (nSPS) is 12.0. The first kappa shape index (κ1) is 35.9. The molecule has 0 saturated heterocycles. The van der Waals surface area contributed by atoms with Crippen molar-refractivity contribution in [1.82, 2.24) is 4.98 Å². The molecule has 0 amide bonds. The summed E-state index contributed by atoms with van der Waals surface area (Å²) in [5, 5.41) is 16.0. The number of fused-ring (bicyclic) bond motifs is 3. The van der Waals surface area contributed by atoms with E-state index in [1.165, 1.54) is 38.1 Å². The van der Waals surface area contributed by atoms with Gasteiger partial charge >= 0.3 is 0 Å². The summed E-state index contributed by atoms with van der Waals surface area (Å²) in [7, 11) is 0. The first-order valence-electron chi connectivity index (χ1n) is 15.1. The molecular formula is C37H48IrNO2S-. The van der Waals surface area contributed by atoms with E-state index in [9.17, 15) is 9.90 Å². The quantitative estimate of drug-likeness (QED) is 0.105. The molecule has 0 unspecified atom stereocenters. The van der Waals surface area contributed by atoms with Gasteiger partial charge in [0.05, 0.1) is 5.76 Å².